The Morgan fingerprint density at radius 3 is 1.18 bits per heavy atom. The van der Waals surface area contributed by atoms with E-state index in [9.17, 15) is 14.4 Å². The third-order valence-corrected chi connectivity index (χ3v) is 12.1. The lowest BCUT2D eigenvalue weighted by molar-refractivity contribution is 0.0490. The van der Waals surface area contributed by atoms with Gasteiger partial charge in [-0.25, -0.2) is 14.4 Å². The number of carbonyl (C=O) groups excluding carboxylic acids is 3. The van der Waals surface area contributed by atoms with Crippen molar-refractivity contribution in [3.05, 3.63) is 208 Å². The van der Waals surface area contributed by atoms with Gasteiger partial charge in [-0.15, -0.1) is 0 Å². The Morgan fingerprint density at radius 1 is 0.372 bits per heavy atom. The maximum atomic E-state index is 13.7. The van der Waals surface area contributed by atoms with Crippen LogP contribution in [0.3, 0.4) is 0 Å². The Bertz CT molecular complexity index is 3200. The van der Waals surface area contributed by atoms with Gasteiger partial charge in [0.05, 0.1) is 49.2 Å². The quantitative estimate of drug-likeness (QED) is 0.0228. The number of hydrogen-bond donors (Lipinski definition) is 2. The fourth-order valence-corrected chi connectivity index (χ4v) is 7.77. The number of aliphatic hydroxyl groups excluding tert-OH is 2. The molecule has 0 unspecified atom stereocenters. The van der Waals surface area contributed by atoms with E-state index in [4.69, 9.17) is 43.9 Å². The monoisotopic (exact) mass is 1040 g/mol. The van der Waals surface area contributed by atoms with Gasteiger partial charge in [0.25, 0.3) is 0 Å². The van der Waals surface area contributed by atoms with Crippen LogP contribution < -0.4 is 23.7 Å². The van der Waals surface area contributed by atoms with Crippen LogP contribution in [0.5, 0.6) is 28.7 Å². The predicted molar refractivity (Wildman–Crippen MR) is 298 cm³/mol. The van der Waals surface area contributed by atoms with Crippen LogP contribution in [0, 0.1) is 35.0 Å². The summed E-state index contributed by atoms with van der Waals surface area (Å²) in [6.07, 6.45) is 8.84. The van der Waals surface area contributed by atoms with Crippen molar-refractivity contribution in [1.29, 1.82) is 5.26 Å². The van der Waals surface area contributed by atoms with E-state index in [0.29, 0.717) is 67.3 Å². The van der Waals surface area contributed by atoms with Gasteiger partial charge in [0.15, 0.2) is 0 Å². The molecule has 0 aromatic heterocycles. The first-order valence-electron chi connectivity index (χ1n) is 26.2. The second-order valence-electron chi connectivity index (χ2n) is 18.0. The number of nitrogens with zero attached hydrogens (tertiary/aromatic N) is 1. The van der Waals surface area contributed by atoms with Crippen LogP contribution in [-0.4, -0.2) is 67.8 Å². The highest BCUT2D eigenvalue weighted by Gasteiger charge is 2.21. The molecule has 0 bridgehead atoms. The summed E-state index contributed by atoms with van der Waals surface area (Å²) < 4.78 is 34.3. The minimum absolute atomic E-state index is 0.0486. The van der Waals surface area contributed by atoms with Crippen LogP contribution in [0.4, 0.5) is 0 Å². The van der Waals surface area contributed by atoms with Crippen LogP contribution in [0.15, 0.2) is 164 Å². The fourth-order valence-electron chi connectivity index (χ4n) is 7.77. The smallest absolute Gasteiger partial charge is 0.343 e. The van der Waals surface area contributed by atoms with Crippen molar-refractivity contribution in [3.63, 3.8) is 0 Å². The molecule has 0 fully saturated rings. The summed E-state index contributed by atoms with van der Waals surface area (Å²) in [6, 6.07) is 49.6. The van der Waals surface area contributed by atoms with E-state index < -0.39 is 17.9 Å². The third-order valence-electron chi connectivity index (χ3n) is 12.1. The summed E-state index contributed by atoms with van der Waals surface area (Å²) >= 11 is 0. The average Bonchev–Trinajstić information content (AvgIpc) is 3.48. The Kier molecular flexibility index (Phi) is 22.5. The summed E-state index contributed by atoms with van der Waals surface area (Å²) in [5.74, 6) is 12.4. The summed E-state index contributed by atoms with van der Waals surface area (Å²) in [5.41, 5.74) is 6.04. The van der Waals surface area contributed by atoms with Gasteiger partial charge in [0.2, 0.25) is 0 Å². The van der Waals surface area contributed by atoms with Crippen LogP contribution in [0.2, 0.25) is 0 Å². The molecule has 0 spiro atoms. The number of esters is 3. The molecule has 0 aliphatic heterocycles. The molecule has 0 atom stereocenters. The van der Waals surface area contributed by atoms with E-state index >= 15 is 0 Å². The Morgan fingerprint density at radius 2 is 0.731 bits per heavy atom. The number of unbranched alkanes of at least 4 members (excludes halogenated alkanes) is 7. The van der Waals surface area contributed by atoms with Gasteiger partial charge in [-0.05, 0) is 163 Å². The zero-order valence-corrected chi connectivity index (χ0v) is 43.4. The van der Waals surface area contributed by atoms with Crippen molar-refractivity contribution in [2.75, 3.05) is 39.6 Å². The molecule has 0 aliphatic carbocycles. The Labute approximate surface area is 456 Å². The first kappa shape index (κ1) is 56.6. The number of nitriles is 1. The molecule has 7 aromatic rings. The second-order valence-corrected chi connectivity index (χ2v) is 18.0. The molecule has 0 aliphatic rings. The Balaban J connectivity index is 0.893. The normalized spacial score (nSPS) is 10.4. The lowest BCUT2D eigenvalue weighted by Gasteiger charge is -2.12. The summed E-state index contributed by atoms with van der Waals surface area (Å²) in [5, 5.41) is 27.0. The number of rotatable bonds is 26. The minimum atomic E-state index is -0.734. The molecular formula is C66H61NO11. The average molecular weight is 1040 g/mol. The summed E-state index contributed by atoms with van der Waals surface area (Å²) in [7, 11) is 0. The molecule has 7 rings (SSSR count). The standard InChI is InChI=1S/C66H61NO11/c67-48-53-19-25-54(26-20-53)55-31-37-60(38-32-55)73-43-7-5-3-1-2-4-6-8-44-76-66(72)62-47-61(77-64(70)56-27-15-49(16-28-56)11-13-51-21-33-58(34-22-51)74-45-9-41-68)39-40-63(62)78-65(71)57-29-17-50(18-30-57)12-14-52-23-35-59(36-24-52)75-46-10-42-69/h15-40,47,68-69H,1-10,41-46H2. The highest BCUT2D eigenvalue weighted by atomic mass is 16.6. The second kappa shape index (κ2) is 31.1. The topological polar surface area (TPSA) is 171 Å². The lowest BCUT2D eigenvalue weighted by Crippen LogP contribution is -2.14. The largest absolute Gasteiger partial charge is 0.494 e. The van der Waals surface area contributed by atoms with E-state index in [2.05, 4.69) is 29.8 Å². The molecule has 396 valence electrons. The first-order chi connectivity index (χ1) is 38.3. The molecule has 7 aromatic carbocycles. The van der Waals surface area contributed by atoms with Gasteiger partial charge >= 0.3 is 17.9 Å². The van der Waals surface area contributed by atoms with E-state index in [0.717, 1.165) is 72.9 Å². The van der Waals surface area contributed by atoms with Crippen molar-refractivity contribution < 1.29 is 53.0 Å². The molecule has 12 nitrogen and oxygen atoms in total. The van der Waals surface area contributed by atoms with Crippen molar-refractivity contribution in [1.82, 2.24) is 0 Å². The molecule has 0 saturated carbocycles. The van der Waals surface area contributed by atoms with Crippen molar-refractivity contribution in [2.24, 2.45) is 0 Å². The predicted octanol–water partition coefficient (Wildman–Crippen LogP) is 12.3. The molecule has 0 amide bonds. The van der Waals surface area contributed by atoms with Crippen LogP contribution in [0.1, 0.15) is 123 Å². The van der Waals surface area contributed by atoms with E-state index in [1.54, 1.807) is 48.5 Å². The zero-order chi connectivity index (χ0) is 54.6. The maximum Gasteiger partial charge on any atom is 0.343 e. The fraction of sp³-hybridized carbons (Fsp3) is 0.242. The molecule has 0 radical (unpaired) electrons. The number of hydrogen-bond acceptors (Lipinski definition) is 12. The number of benzene rings is 7. The SMILES string of the molecule is N#Cc1ccc(-c2ccc(OCCCCCCCCCCOC(=O)c3cc(OC(=O)c4ccc(C#Cc5ccc(OCCCO)cc5)cc4)ccc3OC(=O)c3ccc(C#Cc4ccc(OCCCO)cc4)cc3)cc2)cc1. The number of aliphatic hydroxyl groups is 2. The summed E-state index contributed by atoms with van der Waals surface area (Å²) in [6.45, 7) is 1.76. The lowest BCUT2D eigenvalue weighted by atomic mass is 10.0. The minimum Gasteiger partial charge on any atom is -0.494 e. The molecule has 2 N–H and O–H groups in total. The van der Waals surface area contributed by atoms with E-state index in [1.807, 2.05) is 97.1 Å². The van der Waals surface area contributed by atoms with Gasteiger partial charge in [0.1, 0.15) is 34.3 Å². The molecule has 0 saturated heterocycles. The van der Waals surface area contributed by atoms with Gasteiger partial charge < -0.3 is 38.6 Å². The van der Waals surface area contributed by atoms with E-state index in [1.165, 1.54) is 18.2 Å². The molecule has 0 heterocycles. The van der Waals surface area contributed by atoms with Gasteiger partial charge in [-0.3, -0.25) is 0 Å². The van der Waals surface area contributed by atoms with Gasteiger partial charge in [0, 0.05) is 48.3 Å². The highest BCUT2D eigenvalue weighted by Crippen LogP contribution is 2.28. The molecule has 78 heavy (non-hydrogen) atoms. The molecular weight excluding hydrogens is 983 g/mol. The van der Waals surface area contributed by atoms with Crippen molar-refractivity contribution >= 4 is 17.9 Å². The number of carbonyl (C=O) groups is 3. The van der Waals surface area contributed by atoms with Crippen molar-refractivity contribution in [3.8, 4) is 69.6 Å². The van der Waals surface area contributed by atoms with Gasteiger partial charge in [-0.2, -0.15) is 5.26 Å². The van der Waals surface area contributed by atoms with Crippen LogP contribution in [0.25, 0.3) is 11.1 Å². The molecule has 12 heteroatoms. The van der Waals surface area contributed by atoms with Crippen LogP contribution >= 0.6 is 0 Å². The van der Waals surface area contributed by atoms with Gasteiger partial charge in [-0.1, -0.05) is 86.5 Å². The van der Waals surface area contributed by atoms with E-state index in [-0.39, 0.29) is 48.0 Å². The Hall–Kier alpha value is -9.12. The third kappa shape index (κ3) is 18.6. The summed E-state index contributed by atoms with van der Waals surface area (Å²) in [4.78, 5) is 40.5. The van der Waals surface area contributed by atoms with Crippen molar-refractivity contribution in [2.45, 2.75) is 64.2 Å². The highest BCUT2D eigenvalue weighted by molar-refractivity contribution is 5.97. The number of ether oxygens (including phenoxy) is 6. The first-order valence-corrected chi connectivity index (χ1v) is 26.2. The maximum absolute atomic E-state index is 13.7. The zero-order valence-electron chi connectivity index (χ0n) is 43.4. The van der Waals surface area contributed by atoms with Crippen LogP contribution in [-0.2, 0) is 4.74 Å².